The third kappa shape index (κ3) is 6.62. The first-order valence-corrected chi connectivity index (χ1v) is 5.07. The molecule has 0 aliphatic rings. The van der Waals surface area contributed by atoms with Gasteiger partial charge in [-0.15, -0.1) is 0 Å². The summed E-state index contributed by atoms with van der Waals surface area (Å²) in [6.07, 6.45) is 6.48. The molecule has 0 fully saturated rings. The van der Waals surface area contributed by atoms with Crippen LogP contribution in [0.4, 0.5) is 0 Å². The maximum Gasteiger partial charge on any atom is 0.0963 e. The highest BCUT2D eigenvalue weighted by molar-refractivity contribution is 4.62. The van der Waals surface area contributed by atoms with Crippen molar-refractivity contribution in [3.8, 4) is 0 Å². The van der Waals surface area contributed by atoms with Gasteiger partial charge in [-0.25, -0.2) is 0 Å². The Morgan fingerprint density at radius 3 is 2.50 bits per heavy atom. The molecule has 0 radical (unpaired) electrons. The number of nitrogens with one attached hydrogen (secondary N) is 1. The predicted octanol–water partition coefficient (Wildman–Crippen LogP) is 2.54. The maximum atomic E-state index is 4.97. The third-order valence-corrected chi connectivity index (χ3v) is 2.17. The largest absolute Gasteiger partial charge is 0.370 e. The van der Waals surface area contributed by atoms with E-state index in [1.54, 1.807) is 7.11 Å². The summed E-state index contributed by atoms with van der Waals surface area (Å²) in [5.74, 6) is 0. The molecule has 0 aromatic rings. The number of unbranched alkanes of at least 4 members (excludes halogenated alkanes) is 2. The molecule has 12 heavy (non-hydrogen) atoms. The zero-order valence-electron chi connectivity index (χ0n) is 8.73. The fraction of sp³-hybridized carbons (Fsp3) is 1.00. The van der Waals surface area contributed by atoms with Crippen LogP contribution < -0.4 is 5.32 Å². The van der Waals surface area contributed by atoms with Crippen molar-refractivity contribution >= 4 is 0 Å². The van der Waals surface area contributed by atoms with Gasteiger partial charge in [0.2, 0.25) is 0 Å². The van der Waals surface area contributed by atoms with Gasteiger partial charge < -0.3 is 4.74 Å². The van der Waals surface area contributed by atoms with Gasteiger partial charge in [0.15, 0.2) is 0 Å². The molecular formula is C10H23NO. The SMILES string of the molecule is CCCCCC(CC)NCOC. The predicted molar refractivity (Wildman–Crippen MR) is 53.2 cm³/mol. The molecule has 0 aliphatic heterocycles. The fourth-order valence-electron chi connectivity index (χ4n) is 1.29. The topological polar surface area (TPSA) is 21.3 Å². The molecule has 2 nitrogen and oxygen atoms in total. The number of rotatable bonds is 8. The molecule has 0 rings (SSSR count). The van der Waals surface area contributed by atoms with Crippen LogP contribution in [-0.2, 0) is 4.74 Å². The van der Waals surface area contributed by atoms with Gasteiger partial charge in [-0.3, -0.25) is 5.32 Å². The quantitative estimate of drug-likeness (QED) is 0.450. The lowest BCUT2D eigenvalue weighted by Gasteiger charge is -2.15. The Bertz CT molecular complexity index is 85.9. The molecule has 74 valence electrons. The summed E-state index contributed by atoms with van der Waals surface area (Å²) >= 11 is 0. The molecule has 1 atom stereocenters. The lowest BCUT2D eigenvalue weighted by Crippen LogP contribution is -2.29. The third-order valence-electron chi connectivity index (χ3n) is 2.17. The van der Waals surface area contributed by atoms with Crippen LogP contribution in [0.25, 0.3) is 0 Å². The highest BCUT2D eigenvalue weighted by Gasteiger charge is 2.03. The van der Waals surface area contributed by atoms with Crippen LogP contribution >= 0.6 is 0 Å². The van der Waals surface area contributed by atoms with Crippen LogP contribution in [0.3, 0.4) is 0 Å². The minimum Gasteiger partial charge on any atom is -0.370 e. The first kappa shape index (κ1) is 11.9. The van der Waals surface area contributed by atoms with Crippen molar-refractivity contribution in [2.45, 2.75) is 52.0 Å². The molecule has 0 aromatic carbocycles. The summed E-state index contributed by atoms with van der Waals surface area (Å²) in [4.78, 5) is 0. The smallest absolute Gasteiger partial charge is 0.0963 e. The van der Waals surface area contributed by atoms with E-state index in [1.807, 2.05) is 0 Å². The van der Waals surface area contributed by atoms with E-state index in [4.69, 9.17) is 4.74 Å². The van der Waals surface area contributed by atoms with Crippen molar-refractivity contribution < 1.29 is 4.74 Å². The van der Waals surface area contributed by atoms with Crippen molar-refractivity contribution in [2.24, 2.45) is 0 Å². The van der Waals surface area contributed by atoms with Gasteiger partial charge in [0.1, 0.15) is 0 Å². The molecular weight excluding hydrogens is 150 g/mol. The summed E-state index contributed by atoms with van der Waals surface area (Å²) in [6.45, 7) is 5.15. The maximum absolute atomic E-state index is 4.97. The Labute approximate surface area is 76.7 Å². The molecule has 0 aromatic heterocycles. The molecule has 0 saturated carbocycles. The molecule has 2 heteroatoms. The molecule has 0 bridgehead atoms. The molecule has 0 amide bonds. The highest BCUT2D eigenvalue weighted by Crippen LogP contribution is 2.05. The molecule has 1 N–H and O–H groups in total. The number of hydrogen-bond acceptors (Lipinski definition) is 2. The summed E-state index contributed by atoms with van der Waals surface area (Å²) in [6, 6.07) is 0.650. The highest BCUT2D eigenvalue weighted by atomic mass is 16.5. The van der Waals surface area contributed by atoms with Gasteiger partial charge in [-0.2, -0.15) is 0 Å². The van der Waals surface area contributed by atoms with Gasteiger partial charge in [0, 0.05) is 13.2 Å². The van der Waals surface area contributed by atoms with Gasteiger partial charge in [-0.1, -0.05) is 33.1 Å². The van der Waals surface area contributed by atoms with Crippen molar-refractivity contribution in [1.82, 2.24) is 5.32 Å². The van der Waals surface area contributed by atoms with Crippen LogP contribution in [0.1, 0.15) is 46.0 Å². The van der Waals surface area contributed by atoms with Crippen molar-refractivity contribution in [3.05, 3.63) is 0 Å². The van der Waals surface area contributed by atoms with E-state index in [-0.39, 0.29) is 0 Å². The van der Waals surface area contributed by atoms with Gasteiger partial charge in [0.25, 0.3) is 0 Å². The van der Waals surface area contributed by atoms with Gasteiger partial charge in [0.05, 0.1) is 6.73 Å². The monoisotopic (exact) mass is 173 g/mol. The minimum atomic E-state index is 0.650. The van der Waals surface area contributed by atoms with E-state index >= 15 is 0 Å². The standard InChI is InChI=1S/C10H23NO/c1-4-6-7-8-10(5-2)11-9-12-3/h10-11H,4-9H2,1-3H3. The lowest BCUT2D eigenvalue weighted by molar-refractivity contribution is 0.160. The van der Waals surface area contributed by atoms with Gasteiger partial charge in [-0.05, 0) is 12.8 Å². The molecule has 0 aliphatic carbocycles. The van der Waals surface area contributed by atoms with Crippen LogP contribution in [0, 0.1) is 0 Å². The molecule has 0 heterocycles. The average molecular weight is 173 g/mol. The Kier molecular flexibility index (Phi) is 8.95. The zero-order valence-corrected chi connectivity index (χ0v) is 8.73. The first-order chi connectivity index (χ1) is 5.85. The fourth-order valence-corrected chi connectivity index (χ4v) is 1.29. The number of ether oxygens (including phenoxy) is 1. The Morgan fingerprint density at radius 1 is 1.25 bits per heavy atom. The van der Waals surface area contributed by atoms with Crippen LogP contribution in [0.2, 0.25) is 0 Å². The Morgan fingerprint density at radius 2 is 2.00 bits per heavy atom. The van der Waals surface area contributed by atoms with E-state index in [1.165, 1.54) is 32.1 Å². The van der Waals surface area contributed by atoms with Crippen molar-refractivity contribution in [1.29, 1.82) is 0 Å². The average Bonchev–Trinajstić information content (AvgIpc) is 2.11. The molecule has 1 unspecified atom stereocenters. The second-order valence-corrected chi connectivity index (χ2v) is 3.24. The van der Waals surface area contributed by atoms with E-state index in [9.17, 15) is 0 Å². The zero-order chi connectivity index (χ0) is 9.23. The minimum absolute atomic E-state index is 0.650. The molecule has 0 saturated heterocycles. The van der Waals surface area contributed by atoms with Gasteiger partial charge >= 0.3 is 0 Å². The summed E-state index contributed by atoms with van der Waals surface area (Å²) in [7, 11) is 1.73. The number of methoxy groups -OCH3 is 1. The summed E-state index contributed by atoms with van der Waals surface area (Å²) in [5, 5.41) is 3.36. The summed E-state index contributed by atoms with van der Waals surface area (Å²) < 4.78 is 4.97. The second kappa shape index (κ2) is 9.01. The Balaban J connectivity index is 3.26. The van der Waals surface area contributed by atoms with Crippen LogP contribution in [0.15, 0.2) is 0 Å². The van der Waals surface area contributed by atoms with Crippen molar-refractivity contribution in [2.75, 3.05) is 13.8 Å². The summed E-state index contributed by atoms with van der Waals surface area (Å²) in [5.41, 5.74) is 0. The first-order valence-electron chi connectivity index (χ1n) is 5.07. The van der Waals surface area contributed by atoms with E-state index in [2.05, 4.69) is 19.2 Å². The van der Waals surface area contributed by atoms with E-state index in [0.717, 1.165) is 0 Å². The Hall–Kier alpha value is -0.0800. The lowest BCUT2D eigenvalue weighted by atomic mass is 10.1. The van der Waals surface area contributed by atoms with Crippen molar-refractivity contribution in [3.63, 3.8) is 0 Å². The second-order valence-electron chi connectivity index (χ2n) is 3.24. The van der Waals surface area contributed by atoms with E-state index in [0.29, 0.717) is 12.8 Å². The number of hydrogen-bond donors (Lipinski definition) is 1. The van der Waals surface area contributed by atoms with Crippen LogP contribution in [0.5, 0.6) is 0 Å². The normalized spacial score (nSPS) is 13.2. The molecule has 0 spiro atoms. The van der Waals surface area contributed by atoms with Crippen LogP contribution in [-0.4, -0.2) is 19.9 Å². The van der Waals surface area contributed by atoms with E-state index < -0.39 is 0 Å².